The Labute approximate surface area is 128 Å². The predicted octanol–water partition coefficient (Wildman–Crippen LogP) is 0.842. The normalized spacial score (nSPS) is 15.3. The van der Waals surface area contributed by atoms with E-state index >= 15 is 0 Å². The second-order valence-corrected chi connectivity index (χ2v) is 5.37. The molecular weight excluding hydrogens is 322 g/mol. The Morgan fingerprint density at radius 3 is 2.64 bits per heavy atom. The summed E-state index contributed by atoms with van der Waals surface area (Å²) in [4.78, 5) is 11.5. The topological polar surface area (TPSA) is 78.8 Å². The van der Waals surface area contributed by atoms with E-state index in [0.717, 1.165) is 11.8 Å². The first-order chi connectivity index (χ1) is 10.3. The second kappa shape index (κ2) is 6.63. The number of ether oxygens (including phenoxy) is 1. The van der Waals surface area contributed by atoms with Crippen molar-refractivity contribution in [3.05, 3.63) is 34.9 Å². The second-order valence-electron chi connectivity index (χ2n) is 4.27. The highest BCUT2D eigenvalue weighted by molar-refractivity contribution is 8.04. The monoisotopic (exact) mass is 333 g/mol. The average molecular weight is 333 g/mol. The summed E-state index contributed by atoms with van der Waals surface area (Å²) < 4.78 is 43.1. The van der Waals surface area contributed by atoms with Crippen molar-refractivity contribution in [3.8, 4) is 0 Å². The quantitative estimate of drug-likeness (QED) is 0.715. The summed E-state index contributed by atoms with van der Waals surface area (Å²) in [6.45, 7) is -0.137. The molecule has 118 valence electrons. The third-order valence-corrected chi connectivity index (χ3v) is 3.76. The lowest BCUT2D eigenvalue weighted by atomic mass is 9.79. The zero-order chi connectivity index (χ0) is 16.3. The van der Waals surface area contributed by atoms with Gasteiger partial charge in [-0.05, 0) is 6.07 Å². The molecule has 0 aromatic heterocycles. The number of thioether (sulfide) groups is 1. The smallest absolute Gasteiger partial charge is 0.487 e. The first-order valence-electron chi connectivity index (χ1n) is 6.14. The molecule has 0 fully saturated rings. The number of benzene rings is 1. The molecule has 0 spiro atoms. The standard InChI is InChI=1S/C12H11BF3NO4S/c14-12(15,16)10-9(22-6-5-21-10)11(18)17-8-4-2-1-3-7(8)13(19)20/h1-4,19-20H,5-6H2,(H,17,18). The molecule has 2 rings (SSSR count). The molecule has 0 saturated heterocycles. The molecule has 1 heterocycles. The van der Waals surface area contributed by atoms with Crippen LogP contribution in [0, 0.1) is 0 Å². The number of nitrogens with one attached hydrogen (secondary N) is 1. The maximum Gasteiger partial charge on any atom is 0.490 e. The van der Waals surface area contributed by atoms with Crippen molar-refractivity contribution in [2.75, 3.05) is 17.7 Å². The molecule has 0 atom stereocenters. The van der Waals surface area contributed by atoms with E-state index in [1.54, 1.807) is 0 Å². The molecule has 0 aliphatic carbocycles. The summed E-state index contributed by atoms with van der Waals surface area (Å²) in [6, 6.07) is 5.70. The summed E-state index contributed by atoms with van der Waals surface area (Å²) in [7, 11) is -1.86. The fourth-order valence-corrected chi connectivity index (χ4v) is 2.67. The van der Waals surface area contributed by atoms with Gasteiger partial charge in [-0.25, -0.2) is 0 Å². The van der Waals surface area contributed by atoms with E-state index < -0.39 is 29.9 Å². The maximum absolute atomic E-state index is 12.8. The summed E-state index contributed by atoms with van der Waals surface area (Å²) >= 11 is 0.737. The molecule has 1 aliphatic heterocycles. The van der Waals surface area contributed by atoms with Gasteiger partial charge in [-0.1, -0.05) is 18.2 Å². The number of carbonyl (C=O) groups is 1. The van der Waals surface area contributed by atoms with Crippen LogP contribution in [0.25, 0.3) is 0 Å². The fraction of sp³-hybridized carbons (Fsp3) is 0.250. The first kappa shape index (κ1) is 16.7. The molecule has 1 aliphatic rings. The minimum atomic E-state index is -4.77. The lowest BCUT2D eigenvalue weighted by Crippen LogP contribution is -2.34. The van der Waals surface area contributed by atoms with Gasteiger partial charge in [0, 0.05) is 16.9 Å². The van der Waals surface area contributed by atoms with Crippen molar-refractivity contribution in [3.63, 3.8) is 0 Å². The highest BCUT2D eigenvalue weighted by atomic mass is 32.2. The molecule has 1 aromatic rings. The van der Waals surface area contributed by atoms with Crippen molar-refractivity contribution in [2.24, 2.45) is 0 Å². The van der Waals surface area contributed by atoms with Crippen LogP contribution in [0.2, 0.25) is 0 Å². The number of allylic oxidation sites excluding steroid dienone is 1. The minimum Gasteiger partial charge on any atom is -0.487 e. The number of alkyl halides is 3. The van der Waals surface area contributed by atoms with Gasteiger partial charge in [0.1, 0.15) is 4.91 Å². The van der Waals surface area contributed by atoms with Crippen LogP contribution < -0.4 is 10.8 Å². The van der Waals surface area contributed by atoms with E-state index in [4.69, 9.17) is 0 Å². The van der Waals surface area contributed by atoms with E-state index in [9.17, 15) is 28.0 Å². The van der Waals surface area contributed by atoms with Crippen LogP contribution in [-0.4, -0.2) is 41.6 Å². The lowest BCUT2D eigenvalue weighted by molar-refractivity contribution is -0.133. The van der Waals surface area contributed by atoms with Gasteiger partial charge in [0.05, 0.1) is 6.61 Å². The molecule has 0 unspecified atom stereocenters. The van der Waals surface area contributed by atoms with Crippen LogP contribution in [0.15, 0.2) is 34.9 Å². The van der Waals surface area contributed by atoms with Crippen LogP contribution in [0.5, 0.6) is 0 Å². The van der Waals surface area contributed by atoms with Gasteiger partial charge >= 0.3 is 13.3 Å². The molecular formula is C12H11BF3NO4S. The van der Waals surface area contributed by atoms with Gasteiger partial charge in [0.2, 0.25) is 5.76 Å². The number of para-hydroxylation sites is 1. The van der Waals surface area contributed by atoms with E-state index in [1.807, 2.05) is 0 Å². The number of halogens is 3. The third-order valence-electron chi connectivity index (χ3n) is 2.73. The predicted molar refractivity (Wildman–Crippen MR) is 76.4 cm³/mol. The van der Waals surface area contributed by atoms with Crippen LogP contribution >= 0.6 is 11.8 Å². The SMILES string of the molecule is O=C(Nc1ccccc1B(O)O)C1=C(C(F)(F)F)OCCS1. The van der Waals surface area contributed by atoms with Crippen molar-refractivity contribution >= 4 is 35.9 Å². The molecule has 22 heavy (non-hydrogen) atoms. The molecule has 0 saturated carbocycles. The Morgan fingerprint density at radius 2 is 2.00 bits per heavy atom. The van der Waals surface area contributed by atoms with Crippen LogP contribution in [0.1, 0.15) is 0 Å². The number of anilines is 1. The molecule has 1 aromatic carbocycles. The Bertz CT molecular complexity index is 606. The van der Waals surface area contributed by atoms with E-state index in [1.165, 1.54) is 24.3 Å². The third kappa shape index (κ3) is 3.76. The fourth-order valence-electron chi connectivity index (χ4n) is 1.81. The first-order valence-corrected chi connectivity index (χ1v) is 7.12. The molecule has 10 heteroatoms. The van der Waals surface area contributed by atoms with Crippen LogP contribution in [0.3, 0.4) is 0 Å². The number of rotatable bonds is 3. The summed E-state index contributed by atoms with van der Waals surface area (Å²) in [5.41, 5.74) is -0.00515. The highest BCUT2D eigenvalue weighted by Crippen LogP contribution is 2.37. The Morgan fingerprint density at radius 1 is 1.32 bits per heavy atom. The van der Waals surface area contributed by atoms with Gasteiger partial charge in [-0.15, -0.1) is 11.8 Å². The Balaban J connectivity index is 2.30. The zero-order valence-electron chi connectivity index (χ0n) is 11.1. The number of hydrogen-bond donors (Lipinski definition) is 3. The van der Waals surface area contributed by atoms with Gasteiger partial charge in [-0.3, -0.25) is 4.79 Å². The lowest BCUT2D eigenvalue weighted by Gasteiger charge is -2.22. The molecule has 3 N–H and O–H groups in total. The van der Waals surface area contributed by atoms with Gasteiger partial charge in [-0.2, -0.15) is 13.2 Å². The molecule has 0 radical (unpaired) electrons. The van der Waals surface area contributed by atoms with E-state index in [2.05, 4.69) is 10.1 Å². The van der Waals surface area contributed by atoms with Gasteiger partial charge in [0.25, 0.3) is 5.91 Å². The van der Waals surface area contributed by atoms with Gasteiger partial charge in [0.15, 0.2) is 0 Å². The molecule has 5 nitrogen and oxygen atoms in total. The van der Waals surface area contributed by atoms with Crippen molar-refractivity contribution in [2.45, 2.75) is 6.18 Å². The highest BCUT2D eigenvalue weighted by Gasteiger charge is 2.42. The zero-order valence-corrected chi connectivity index (χ0v) is 11.9. The van der Waals surface area contributed by atoms with E-state index in [0.29, 0.717) is 0 Å². The largest absolute Gasteiger partial charge is 0.490 e. The average Bonchev–Trinajstić information content (AvgIpc) is 2.46. The van der Waals surface area contributed by atoms with Gasteiger partial charge < -0.3 is 20.1 Å². The Kier molecular flexibility index (Phi) is 5.04. The minimum absolute atomic E-state index is 0.0164. The van der Waals surface area contributed by atoms with Crippen LogP contribution in [-0.2, 0) is 9.53 Å². The maximum atomic E-state index is 12.8. The van der Waals surface area contributed by atoms with Crippen molar-refractivity contribution < 1.29 is 32.8 Å². The number of hydrogen-bond acceptors (Lipinski definition) is 5. The molecule has 1 amide bonds. The summed E-state index contributed by atoms with van der Waals surface area (Å²) in [5, 5.41) is 20.6. The van der Waals surface area contributed by atoms with Crippen molar-refractivity contribution in [1.29, 1.82) is 0 Å². The van der Waals surface area contributed by atoms with Crippen LogP contribution in [0.4, 0.5) is 18.9 Å². The molecule has 0 bridgehead atoms. The van der Waals surface area contributed by atoms with Crippen molar-refractivity contribution in [1.82, 2.24) is 0 Å². The summed E-state index contributed by atoms with van der Waals surface area (Å²) in [6.07, 6.45) is -4.77. The van der Waals surface area contributed by atoms with E-state index in [-0.39, 0.29) is 23.5 Å². The Hall–Kier alpha value is -1.65. The summed E-state index contributed by atoms with van der Waals surface area (Å²) in [5.74, 6) is -2.12. The number of amides is 1. The number of carbonyl (C=O) groups excluding carboxylic acids is 1.